The highest BCUT2D eigenvalue weighted by molar-refractivity contribution is 5.53. The van der Waals surface area contributed by atoms with E-state index < -0.39 is 0 Å². The van der Waals surface area contributed by atoms with Crippen LogP contribution in [0.15, 0.2) is 24.3 Å². The molecule has 0 fully saturated rings. The van der Waals surface area contributed by atoms with Gasteiger partial charge in [-0.3, -0.25) is 0 Å². The zero-order valence-electron chi connectivity index (χ0n) is 8.60. The molecule has 1 aromatic carbocycles. The minimum atomic E-state index is 0.119. The number of para-hydroxylation sites is 1. The van der Waals surface area contributed by atoms with Gasteiger partial charge in [0.25, 0.3) is 0 Å². The molecule has 14 heavy (non-hydrogen) atoms. The molecule has 2 nitrogen and oxygen atoms in total. The first-order chi connectivity index (χ1) is 6.66. The highest BCUT2D eigenvalue weighted by atomic mass is 16.3. The fraction of sp³-hybridized carbons (Fsp3) is 0.417. The number of carbonyl (C=O) groups excluding carboxylic acids is 1. The zero-order chi connectivity index (χ0) is 10.6. The summed E-state index contributed by atoms with van der Waals surface area (Å²) in [7, 11) is 0. The lowest BCUT2D eigenvalue weighted by Crippen LogP contribution is -2.07. The Balaban J connectivity index is 2.98. The number of aldehydes is 1. The van der Waals surface area contributed by atoms with Crippen LogP contribution in [0, 0.1) is 5.92 Å². The van der Waals surface area contributed by atoms with Crippen molar-refractivity contribution in [1.82, 2.24) is 0 Å². The van der Waals surface area contributed by atoms with Gasteiger partial charge in [-0.1, -0.05) is 32.0 Å². The number of phenolic OH excluding ortho intramolecular Hbond substituents is 1. The molecular weight excluding hydrogens is 176 g/mol. The molecule has 0 heterocycles. The van der Waals surface area contributed by atoms with E-state index in [-0.39, 0.29) is 11.7 Å². The number of hydrogen-bond donors (Lipinski definition) is 1. The maximum absolute atomic E-state index is 10.5. The van der Waals surface area contributed by atoms with E-state index in [1.54, 1.807) is 12.1 Å². The summed E-state index contributed by atoms with van der Waals surface area (Å²) in [5.41, 5.74) is 0.870. The van der Waals surface area contributed by atoms with Crippen molar-refractivity contribution >= 4 is 6.29 Å². The Morgan fingerprint density at radius 1 is 1.36 bits per heavy atom. The van der Waals surface area contributed by atoms with Crippen LogP contribution in [-0.2, 0) is 4.79 Å². The highest BCUT2D eigenvalue weighted by Crippen LogP contribution is 2.32. The summed E-state index contributed by atoms with van der Waals surface area (Å²) in [6, 6.07) is 7.21. The van der Waals surface area contributed by atoms with Gasteiger partial charge in [0, 0.05) is 6.42 Å². The molecule has 0 aliphatic heterocycles. The second-order valence-corrected chi connectivity index (χ2v) is 3.81. The molecule has 0 amide bonds. The van der Waals surface area contributed by atoms with E-state index in [0.717, 1.165) is 11.8 Å². The quantitative estimate of drug-likeness (QED) is 0.745. The minimum Gasteiger partial charge on any atom is -0.508 e. The monoisotopic (exact) mass is 192 g/mol. The summed E-state index contributed by atoms with van der Waals surface area (Å²) < 4.78 is 0. The molecule has 1 N–H and O–H groups in total. The molecule has 1 rings (SSSR count). The average molecular weight is 192 g/mol. The van der Waals surface area contributed by atoms with Crippen LogP contribution in [0.3, 0.4) is 0 Å². The molecule has 0 saturated carbocycles. The smallest absolute Gasteiger partial charge is 0.120 e. The summed E-state index contributed by atoms with van der Waals surface area (Å²) in [5.74, 6) is 0.759. The second kappa shape index (κ2) is 4.80. The molecule has 0 aliphatic carbocycles. The molecule has 0 aliphatic rings. The molecule has 0 bridgehead atoms. The van der Waals surface area contributed by atoms with E-state index in [1.165, 1.54) is 0 Å². The fourth-order valence-electron chi connectivity index (χ4n) is 1.66. The topological polar surface area (TPSA) is 37.3 Å². The Kier molecular flexibility index (Phi) is 3.69. The van der Waals surface area contributed by atoms with Gasteiger partial charge in [0.2, 0.25) is 0 Å². The Morgan fingerprint density at radius 3 is 2.50 bits per heavy atom. The van der Waals surface area contributed by atoms with Crippen LogP contribution in [-0.4, -0.2) is 11.4 Å². The summed E-state index contributed by atoms with van der Waals surface area (Å²) in [5, 5.41) is 9.64. The number of carbonyl (C=O) groups is 1. The number of phenols is 1. The van der Waals surface area contributed by atoms with Gasteiger partial charge < -0.3 is 9.90 Å². The molecular formula is C12H16O2. The SMILES string of the molecule is CC(C)C(CC=O)c1ccccc1O. The van der Waals surface area contributed by atoms with Crippen LogP contribution in [0.25, 0.3) is 0 Å². The summed E-state index contributed by atoms with van der Waals surface area (Å²) in [6.07, 6.45) is 1.38. The van der Waals surface area contributed by atoms with E-state index in [9.17, 15) is 9.90 Å². The number of rotatable bonds is 4. The normalized spacial score (nSPS) is 12.8. The van der Waals surface area contributed by atoms with E-state index in [1.807, 2.05) is 12.1 Å². The molecule has 0 radical (unpaired) electrons. The van der Waals surface area contributed by atoms with Crippen LogP contribution in [0.5, 0.6) is 5.75 Å². The Bertz CT molecular complexity index is 305. The summed E-state index contributed by atoms with van der Waals surface area (Å²) in [4.78, 5) is 10.5. The van der Waals surface area contributed by atoms with Crippen LogP contribution < -0.4 is 0 Å². The molecule has 1 unspecified atom stereocenters. The van der Waals surface area contributed by atoms with Crippen molar-refractivity contribution in [2.45, 2.75) is 26.2 Å². The minimum absolute atomic E-state index is 0.119. The Hall–Kier alpha value is -1.31. The number of aromatic hydroxyl groups is 1. The van der Waals surface area contributed by atoms with Crippen molar-refractivity contribution in [2.24, 2.45) is 5.92 Å². The van der Waals surface area contributed by atoms with Crippen molar-refractivity contribution in [2.75, 3.05) is 0 Å². The lowest BCUT2D eigenvalue weighted by molar-refractivity contribution is -0.108. The lowest BCUT2D eigenvalue weighted by Gasteiger charge is -2.19. The largest absolute Gasteiger partial charge is 0.508 e. The predicted octanol–water partition coefficient (Wildman–Crippen LogP) is 2.72. The van der Waals surface area contributed by atoms with Gasteiger partial charge in [0.15, 0.2) is 0 Å². The van der Waals surface area contributed by atoms with Gasteiger partial charge >= 0.3 is 0 Å². The Morgan fingerprint density at radius 2 is 2.00 bits per heavy atom. The third-order valence-electron chi connectivity index (χ3n) is 2.49. The highest BCUT2D eigenvalue weighted by Gasteiger charge is 2.17. The molecule has 0 spiro atoms. The van der Waals surface area contributed by atoms with E-state index in [2.05, 4.69) is 13.8 Å². The molecule has 0 aromatic heterocycles. The van der Waals surface area contributed by atoms with E-state index in [0.29, 0.717) is 12.3 Å². The van der Waals surface area contributed by atoms with Crippen molar-refractivity contribution in [3.8, 4) is 5.75 Å². The molecule has 1 atom stereocenters. The zero-order valence-corrected chi connectivity index (χ0v) is 8.60. The van der Waals surface area contributed by atoms with Crippen LogP contribution in [0.1, 0.15) is 31.7 Å². The van der Waals surface area contributed by atoms with Gasteiger partial charge in [-0.15, -0.1) is 0 Å². The third-order valence-corrected chi connectivity index (χ3v) is 2.49. The number of benzene rings is 1. The van der Waals surface area contributed by atoms with Crippen molar-refractivity contribution in [3.63, 3.8) is 0 Å². The standard InChI is InChI=1S/C12H16O2/c1-9(2)10(7-8-13)11-5-3-4-6-12(11)14/h3-6,8-10,14H,7H2,1-2H3. The summed E-state index contributed by atoms with van der Waals surface area (Å²) >= 11 is 0. The van der Waals surface area contributed by atoms with E-state index in [4.69, 9.17) is 0 Å². The molecule has 0 saturated heterocycles. The molecule has 2 heteroatoms. The fourth-order valence-corrected chi connectivity index (χ4v) is 1.66. The predicted molar refractivity (Wildman–Crippen MR) is 56.4 cm³/mol. The van der Waals surface area contributed by atoms with Gasteiger partial charge in [0.05, 0.1) is 0 Å². The van der Waals surface area contributed by atoms with Gasteiger partial charge in [-0.2, -0.15) is 0 Å². The van der Waals surface area contributed by atoms with E-state index >= 15 is 0 Å². The first kappa shape index (κ1) is 10.8. The van der Waals surface area contributed by atoms with Crippen molar-refractivity contribution < 1.29 is 9.90 Å². The molecule has 76 valence electrons. The van der Waals surface area contributed by atoms with Crippen LogP contribution in [0.4, 0.5) is 0 Å². The van der Waals surface area contributed by atoms with Crippen molar-refractivity contribution in [3.05, 3.63) is 29.8 Å². The van der Waals surface area contributed by atoms with Crippen LogP contribution in [0.2, 0.25) is 0 Å². The molecule has 1 aromatic rings. The van der Waals surface area contributed by atoms with Crippen molar-refractivity contribution in [1.29, 1.82) is 0 Å². The first-order valence-electron chi connectivity index (χ1n) is 4.88. The third kappa shape index (κ3) is 2.34. The summed E-state index contributed by atoms with van der Waals surface area (Å²) in [6.45, 7) is 4.11. The Labute approximate surface area is 84.6 Å². The lowest BCUT2D eigenvalue weighted by atomic mass is 9.86. The van der Waals surface area contributed by atoms with Gasteiger partial charge in [-0.05, 0) is 23.5 Å². The van der Waals surface area contributed by atoms with Gasteiger partial charge in [-0.25, -0.2) is 0 Å². The first-order valence-corrected chi connectivity index (χ1v) is 4.88. The maximum atomic E-state index is 10.5. The second-order valence-electron chi connectivity index (χ2n) is 3.81. The number of hydrogen-bond acceptors (Lipinski definition) is 2. The maximum Gasteiger partial charge on any atom is 0.120 e. The van der Waals surface area contributed by atoms with Crippen LogP contribution >= 0.6 is 0 Å². The average Bonchev–Trinajstić information content (AvgIpc) is 2.15. The van der Waals surface area contributed by atoms with Gasteiger partial charge in [0.1, 0.15) is 12.0 Å².